The van der Waals surface area contributed by atoms with Gasteiger partial charge in [-0.3, -0.25) is 9.59 Å². The number of aryl methyl sites for hydroxylation is 2. The number of halogens is 1. The number of aliphatic carboxylic acids is 1. The first-order valence-corrected chi connectivity index (χ1v) is 8.85. The van der Waals surface area contributed by atoms with E-state index >= 15 is 0 Å². The normalized spacial score (nSPS) is 12.2. The Balaban J connectivity index is 1.86. The summed E-state index contributed by atoms with van der Waals surface area (Å²) in [6.45, 7) is 5.62. The van der Waals surface area contributed by atoms with Crippen LogP contribution in [0.15, 0.2) is 22.7 Å². The minimum atomic E-state index is -0.917. The van der Waals surface area contributed by atoms with E-state index in [4.69, 9.17) is 4.52 Å². The van der Waals surface area contributed by atoms with Crippen LogP contribution >= 0.6 is 0 Å². The highest BCUT2D eigenvalue weighted by Crippen LogP contribution is 2.19. The van der Waals surface area contributed by atoms with Gasteiger partial charge in [0, 0.05) is 24.9 Å². The molecule has 1 aromatic heterocycles. The minimum absolute atomic E-state index is 0.0935. The van der Waals surface area contributed by atoms with Crippen LogP contribution in [0.2, 0.25) is 0 Å². The number of hydrogen-bond donors (Lipinski definition) is 2. The highest BCUT2D eigenvalue weighted by molar-refractivity contribution is 5.77. The second kappa shape index (κ2) is 9.25. The molecule has 8 heteroatoms. The molecule has 1 unspecified atom stereocenters. The molecule has 0 saturated heterocycles. The number of rotatable bonds is 9. The van der Waals surface area contributed by atoms with Crippen molar-refractivity contribution in [1.29, 1.82) is 0 Å². The molecule has 27 heavy (non-hydrogen) atoms. The standard InChI is InChI=1S/C19H24FN3O4/c1-11(2)8-14(19(25)26)10-21-16(24)6-7-17-22-18(23-27-17)13-4-5-15(20)12(3)9-13/h4-5,9,11,14H,6-8,10H2,1-3H3,(H,21,24)(H,25,26). The molecule has 2 N–H and O–H groups in total. The summed E-state index contributed by atoms with van der Waals surface area (Å²) in [5.41, 5.74) is 1.11. The van der Waals surface area contributed by atoms with E-state index in [0.717, 1.165) is 0 Å². The number of nitrogens with zero attached hydrogens (tertiary/aromatic N) is 2. The van der Waals surface area contributed by atoms with Crippen molar-refractivity contribution in [2.24, 2.45) is 11.8 Å². The average Bonchev–Trinajstić information content (AvgIpc) is 3.07. The zero-order valence-corrected chi connectivity index (χ0v) is 15.7. The molecular formula is C19H24FN3O4. The van der Waals surface area contributed by atoms with Crippen molar-refractivity contribution in [3.8, 4) is 11.4 Å². The van der Waals surface area contributed by atoms with Gasteiger partial charge in [0.05, 0.1) is 5.92 Å². The second-order valence-corrected chi connectivity index (χ2v) is 6.94. The first-order valence-electron chi connectivity index (χ1n) is 8.85. The number of amides is 1. The fourth-order valence-electron chi connectivity index (χ4n) is 2.64. The molecule has 0 aliphatic rings. The van der Waals surface area contributed by atoms with E-state index in [1.165, 1.54) is 6.07 Å². The van der Waals surface area contributed by atoms with E-state index in [0.29, 0.717) is 29.3 Å². The smallest absolute Gasteiger partial charge is 0.308 e. The lowest BCUT2D eigenvalue weighted by atomic mass is 9.97. The molecule has 2 rings (SSSR count). The molecule has 0 aliphatic carbocycles. The van der Waals surface area contributed by atoms with Gasteiger partial charge in [-0.2, -0.15) is 4.98 Å². The molecule has 1 amide bonds. The molecule has 7 nitrogen and oxygen atoms in total. The Kier molecular flexibility index (Phi) is 7.04. The van der Waals surface area contributed by atoms with Gasteiger partial charge in [0.15, 0.2) is 0 Å². The summed E-state index contributed by atoms with van der Waals surface area (Å²) >= 11 is 0. The van der Waals surface area contributed by atoms with E-state index in [2.05, 4.69) is 15.5 Å². The Labute approximate surface area is 157 Å². The van der Waals surface area contributed by atoms with Gasteiger partial charge in [-0.05, 0) is 43.0 Å². The van der Waals surface area contributed by atoms with Gasteiger partial charge >= 0.3 is 5.97 Å². The SMILES string of the molecule is Cc1cc(-c2noc(CCC(=O)NCC(CC(C)C)C(=O)O)n2)ccc1F. The van der Waals surface area contributed by atoms with Gasteiger partial charge < -0.3 is 14.9 Å². The molecule has 1 aromatic carbocycles. The van der Waals surface area contributed by atoms with E-state index in [1.807, 2.05) is 13.8 Å². The van der Waals surface area contributed by atoms with E-state index in [-0.39, 0.29) is 37.0 Å². The van der Waals surface area contributed by atoms with Crippen molar-refractivity contribution in [3.63, 3.8) is 0 Å². The van der Waals surface area contributed by atoms with Crippen LogP contribution in [-0.4, -0.2) is 33.7 Å². The van der Waals surface area contributed by atoms with Crippen LogP contribution in [0.5, 0.6) is 0 Å². The molecule has 1 atom stereocenters. The Morgan fingerprint density at radius 2 is 2.07 bits per heavy atom. The van der Waals surface area contributed by atoms with Crippen LogP contribution in [0.1, 0.15) is 38.1 Å². The predicted molar refractivity (Wildman–Crippen MR) is 96.3 cm³/mol. The largest absolute Gasteiger partial charge is 0.481 e. The lowest BCUT2D eigenvalue weighted by Crippen LogP contribution is -2.33. The zero-order valence-electron chi connectivity index (χ0n) is 15.7. The molecule has 0 spiro atoms. The fourth-order valence-corrected chi connectivity index (χ4v) is 2.64. The summed E-state index contributed by atoms with van der Waals surface area (Å²) in [6.07, 6.45) is 0.846. The highest BCUT2D eigenvalue weighted by atomic mass is 19.1. The van der Waals surface area contributed by atoms with E-state index < -0.39 is 11.9 Å². The maximum atomic E-state index is 13.3. The van der Waals surface area contributed by atoms with Gasteiger partial charge in [0.25, 0.3) is 0 Å². The quantitative estimate of drug-likeness (QED) is 0.696. The van der Waals surface area contributed by atoms with Crippen LogP contribution in [0.3, 0.4) is 0 Å². The van der Waals surface area contributed by atoms with Gasteiger partial charge in [0.2, 0.25) is 17.6 Å². The lowest BCUT2D eigenvalue weighted by molar-refractivity contribution is -0.142. The maximum absolute atomic E-state index is 13.3. The molecule has 146 valence electrons. The number of hydrogen-bond acceptors (Lipinski definition) is 5. The van der Waals surface area contributed by atoms with Crippen LogP contribution in [0, 0.1) is 24.6 Å². The Bertz CT molecular complexity index is 804. The zero-order chi connectivity index (χ0) is 20.0. The summed E-state index contributed by atoms with van der Waals surface area (Å²) in [4.78, 5) is 27.4. The lowest BCUT2D eigenvalue weighted by Gasteiger charge is -2.15. The Hall–Kier alpha value is -2.77. The average molecular weight is 377 g/mol. The molecule has 0 bridgehead atoms. The van der Waals surface area contributed by atoms with Crippen LogP contribution in [0.25, 0.3) is 11.4 Å². The third-order valence-corrected chi connectivity index (χ3v) is 4.10. The van der Waals surface area contributed by atoms with Crippen LogP contribution < -0.4 is 5.32 Å². The molecule has 0 aliphatic heterocycles. The Morgan fingerprint density at radius 3 is 2.70 bits per heavy atom. The minimum Gasteiger partial charge on any atom is -0.481 e. The monoisotopic (exact) mass is 377 g/mol. The number of nitrogens with one attached hydrogen (secondary N) is 1. The summed E-state index contributed by atoms with van der Waals surface area (Å²) in [7, 11) is 0. The highest BCUT2D eigenvalue weighted by Gasteiger charge is 2.20. The number of carboxylic acid groups (broad SMARTS) is 1. The Morgan fingerprint density at radius 1 is 1.33 bits per heavy atom. The number of benzene rings is 1. The number of carboxylic acids is 1. The summed E-state index contributed by atoms with van der Waals surface area (Å²) in [6, 6.07) is 4.52. The van der Waals surface area contributed by atoms with Gasteiger partial charge in [-0.25, -0.2) is 4.39 Å². The maximum Gasteiger partial charge on any atom is 0.308 e. The van der Waals surface area contributed by atoms with Gasteiger partial charge in [-0.15, -0.1) is 0 Å². The molecule has 1 heterocycles. The summed E-state index contributed by atoms with van der Waals surface area (Å²) < 4.78 is 18.5. The van der Waals surface area contributed by atoms with Crippen molar-refractivity contribution in [2.45, 2.75) is 40.0 Å². The topological polar surface area (TPSA) is 105 Å². The van der Waals surface area contributed by atoms with Crippen LogP contribution in [0.4, 0.5) is 4.39 Å². The molecule has 2 aromatic rings. The number of aromatic nitrogens is 2. The second-order valence-electron chi connectivity index (χ2n) is 6.94. The van der Waals surface area contributed by atoms with Crippen molar-refractivity contribution in [1.82, 2.24) is 15.5 Å². The molecule has 0 fully saturated rings. The summed E-state index contributed by atoms with van der Waals surface area (Å²) in [5.74, 6) is -1.25. The molecular weight excluding hydrogens is 353 g/mol. The number of carbonyl (C=O) groups excluding carboxylic acids is 1. The van der Waals surface area contributed by atoms with Crippen molar-refractivity contribution in [3.05, 3.63) is 35.5 Å². The fraction of sp³-hybridized carbons (Fsp3) is 0.474. The first-order chi connectivity index (χ1) is 12.8. The third kappa shape index (κ3) is 6.16. The first kappa shape index (κ1) is 20.5. The number of carbonyl (C=O) groups is 2. The molecule has 0 saturated carbocycles. The van der Waals surface area contributed by atoms with E-state index in [9.17, 15) is 19.1 Å². The van der Waals surface area contributed by atoms with Gasteiger partial charge in [-0.1, -0.05) is 19.0 Å². The van der Waals surface area contributed by atoms with Crippen molar-refractivity contribution in [2.75, 3.05) is 6.54 Å². The molecule has 0 radical (unpaired) electrons. The summed E-state index contributed by atoms with van der Waals surface area (Å²) in [5, 5.41) is 15.7. The predicted octanol–water partition coefficient (Wildman–Crippen LogP) is 2.98. The van der Waals surface area contributed by atoms with Crippen molar-refractivity contribution >= 4 is 11.9 Å². The third-order valence-electron chi connectivity index (χ3n) is 4.10. The van der Waals surface area contributed by atoms with Crippen LogP contribution in [-0.2, 0) is 16.0 Å². The van der Waals surface area contributed by atoms with Crippen molar-refractivity contribution < 1.29 is 23.6 Å². The van der Waals surface area contributed by atoms with E-state index in [1.54, 1.807) is 19.1 Å². The van der Waals surface area contributed by atoms with Gasteiger partial charge in [0.1, 0.15) is 5.82 Å².